The highest BCUT2D eigenvalue weighted by Crippen LogP contribution is 2.27. The number of ether oxygens (including phenoxy) is 3. The van der Waals surface area contributed by atoms with Crippen molar-refractivity contribution in [3.8, 4) is 5.75 Å². The molecule has 1 aromatic carbocycles. The Labute approximate surface area is 105 Å². The largest absolute Gasteiger partial charge is 0.488 e. The Bertz CT molecular complexity index is 412. The molecule has 2 rings (SSSR count). The molecule has 1 saturated heterocycles. The van der Waals surface area contributed by atoms with Gasteiger partial charge in [-0.2, -0.15) is 0 Å². The summed E-state index contributed by atoms with van der Waals surface area (Å²) in [7, 11) is 1.24. The van der Waals surface area contributed by atoms with Crippen molar-refractivity contribution in [3.63, 3.8) is 0 Å². The third kappa shape index (κ3) is 2.80. The molecule has 1 aliphatic heterocycles. The Morgan fingerprint density at radius 3 is 2.94 bits per heavy atom. The van der Waals surface area contributed by atoms with E-state index in [-0.39, 0.29) is 6.10 Å². The van der Waals surface area contributed by atoms with E-state index < -0.39 is 12.1 Å². The van der Waals surface area contributed by atoms with Crippen LogP contribution in [-0.2, 0) is 14.3 Å². The highest BCUT2D eigenvalue weighted by atomic mass is 16.5. The van der Waals surface area contributed by atoms with Crippen LogP contribution in [-0.4, -0.2) is 37.5 Å². The third-order valence-electron chi connectivity index (χ3n) is 2.82. The van der Waals surface area contributed by atoms with E-state index in [2.05, 4.69) is 4.74 Å². The smallest absolute Gasteiger partial charge is 0.339 e. The summed E-state index contributed by atoms with van der Waals surface area (Å²) in [5.41, 5.74) is 0.413. The quantitative estimate of drug-likeness (QED) is 0.812. The predicted molar refractivity (Wildman–Crippen MR) is 63.3 cm³/mol. The van der Waals surface area contributed by atoms with Crippen LogP contribution < -0.4 is 4.74 Å². The number of hydrogen-bond acceptors (Lipinski definition) is 5. The number of esters is 1. The monoisotopic (exact) mass is 252 g/mol. The molecule has 0 amide bonds. The Hall–Kier alpha value is -1.59. The van der Waals surface area contributed by atoms with Gasteiger partial charge in [-0.25, -0.2) is 4.79 Å². The van der Waals surface area contributed by atoms with E-state index in [0.717, 1.165) is 6.42 Å². The maximum Gasteiger partial charge on any atom is 0.339 e. The number of aliphatic hydroxyl groups is 1. The predicted octanol–water partition coefficient (Wildman–Crippen LogP) is 1.06. The molecule has 0 radical (unpaired) electrons. The average molecular weight is 252 g/mol. The molecule has 0 aliphatic carbocycles. The summed E-state index contributed by atoms with van der Waals surface area (Å²) < 4.78 is 15.5. The molecule has 5 heteroatoms. The van der Waals surface area contributed by atoms with Gasteiger partial charge in [0, 0.05) is 12.0 Å². The van der Waals surface area contributed by atoms with E-state index in [4.69, 9.17) is 9.47 Å². The molecule has 2 unspecified atom stereocenters. The molecule has 5 nitrogen and oxygen atoms in total. The molecule has 2 atom stereocenters. The minimum atomic E-state index is -1.33. The second kappa shape index (κ2) is 5.84. The number of aliphatic hydroxyl groups excluding tert-OH is 1. The van der Waals surface area contributed by atoms with Crippen molar-refractivity contribution < 1.29 is 24.1 Å². The zero-order valence-corrected chi connectivity index (χ0v) is 10.2. The van der Waals surface area contributed by atoms with Crippen molar-refractivity contribution in [1.29, 1.82) is 0 Å². The molecular weight excluding hydrogens is 236 g/mol. The number of hydrogen-bond donors (Lipinski definition) is 1. The summed E-state index contributed by atoms with van der Waals surface area (Å²) in [5, 5.41) is 9.86. The molecule has 1 aromatic rings. The third-order valence-corrected chi connectivity index (χ3v) is 2.82. The van der Waals surface area contributed by atoms with E-state index in [0.29, 0.717) is 24.5 Å². The first-order valence-electron chi connectivity index (χ1n) is 5.81. The first kappa shape index (κ1) is 12.9. The van der Waals surface area contributed by atoms with Gasteiger partial charge in [-0.05, 0) is 6.07 Å². The van der Waals surface area contributed by atoms with E-state index in [9.17, 15) is 9.90 Å². The van der Waals surface area contributed by atoms with Gasteiger partial charge in [0.05, 0.1) is 20.3 Å². The van der Waals surface area contributed by atoms with Crippen LogP contribution in [0.3, 0.4) is 0 Å². The highest BCUT2D eigenvalue weighted by Gasteiger charge is 2.24. The molecule has 0 aromatic heterocycles. The normalized spacial score (nSPS) is 20.4. The lowest BCUT2D eigenvalue weighted by molar-refractivity contribution is -0.150. The molecular formula is C13H16O5. The summed E-state index contributed by atoms with van der Waals surface area (Å²) >= 11 is 0. The van der Waals surface area contributed by atoms with Gasteiger partial charge >= 0.3 is 5.97 Å². The van der Waals surface area contributed by atoms with Gasteiger partial charge in [0.25, 0.3) is 0 Å². The van der Waals surface area contributed by atoms with E-state index in [1.54, 1.807) is 24.3 Å². The zero-order chi connectivity index (χ0) is 13.0. The van der Waals surface area contributed by atoms with Crippen LogP contribution in [0.2, 0.25) is 0 Å². The van der Waals surface area contributed by atoms with Crippen LogP contribution in [0, 0.1) is 0 Å². The second-order valence-corrected chi connectivity index (χ2v) is 4.07. The number of benzene rings is 1. The topological polar surface area (TPSA) is 65.0 Å². The average Bonchev–Trinajstić information content (AvgIpc) is 2.90. The van der Waals surface area contributed by atoms with Crippen molar-refractivity contribution in [3.05, 3.63) is 29.8 Å². The van der Waals surface area contributed by atoms with Gasteiger partial charge in [-0.1, -0.05) is 18.2 Å². The molecule has 18 heavy (non-hydrogen) atoms. The lowest BCUT2D eigenvalue weighted by atomic mass is 10.1. The highest BCUT2D eigenvalue weighted by molar-refractivity contribution is 5.77. The lowest BCUT2D eigenvalue weighted by Crippen LogP contribution is -2.19. The lowest BCUT2D eigenvalue weighted by Gasteiger charge is -2.17. The van der Waals surface area contributed by atoms with Crippen LogP contribution in [0.1, 0.15) is 18.1 Å². The molecule has 1 heterocycles. The van der Waals surface area contributed by atoms with Gasteiger partial charge in [0.15, 0.2) is 6.10 Å². The van der Waals surface area contributed by atoms with Crippen molar-refractivity contribution in [2.24, 2.45) is 0 Å². The summed E-state index contributed by atoms with van der Waals surface area (Å²) in [4.78, 5) is 11.3. The van der Waals surface area contributed by atoms with Crippen molar-refractivity contribution >= 4 is 5.97 Å². The number of para-hydroxylation sites is 1. The summed E-state index contributed by atoms with van der Waals surface area (Å²) in [6.45, 7) is 1.20. The number of rotatable bonds is 4. The van der Waals surface area contributed by atoms with Crippen LogP contribution in [0.15, 0.2) is 24.3 Å². The standard InChI is InChI=1S/C13H16O5/c1-16-13(15)12(14)10-4-2-3-5-11(10)18-9-6-7-17-8-9/h2-5,9,12,14H,6-8H2,1H3. The van der Waals surface area contributed by atoms with Gasteiger partial charge in [0.2, 0.25) is 0 Å². The second-order valence-electron chi connectivity index (χ2n) is 4.07. The van der Waals surface area contributed by atoms with Gasteiger partial charge in [-0.3, -0.25) is 0 Å². The fourth-order valence-electron chi connectivity index (χ4n) is 1.84. The fraction of sp³-hybridized carbons (Fsp3) is 0.462. The molecule has 1 fully saturated rings. The van der Waals surface area contributed by atoms with Crippen LogP contribution in [0.25, 0.3) is 0 Å². The SMILES string of the molecule is COC(=O)C(O)c1ccccc1OC1CCOC1. The fourth-order valence-corrected chi connectivity index (χ4v) is 1.84. The van der Waals surface area contributed by atoms with Crippen LogP contribution in [0.4, 0.5) is 0 Å². The van der Waals surface area contributed by atoms with E-state index in [1.165, 1.54) is 7.11 Å². The van der Waals surface area contributed by atoms with Gasteiger partial charge in [0.1, 0.15) is 11.9 Å². The van der Waals surface area contributed by atoms with Crippen molar-refractivity contribution in [1.82, 2.24) is 0 Å². The first-order chi connectivity index (χ1) is 8.72. The Morgan fingerprint density at radius 2 is 2.28 bits per heavy atom. The number of methoxy groups -OCH3 is 1. The van der Waals surface area contributed by atoms with Crippen molar-refractivity contribution in [2.45, 2.75) is 18.6 Å². The summed E-state index contributed by atoms with van der Waals surface area (Å²) in [6, 6.07) is 6.89. The molecule has 0 bridgehead atoms. The number of carbonyl (C=O) groups excluding carboxylic acids is 1. The minimum Gasteiger partial charge on any atom is -0.488 e. The maximum absolute atomic E-state index is 11.3. The molecule has 0 saturated carbocycles. The molecule has 0 spiro atoms. The summed E-state index contributed by atoms with van der Waals surface area (Å²) in [6.07, 6.45) is -0.549. The minimum absolute atomic E-state index is 0.0315. The maximum atomic E-state index is 11.3. The van der Waals surface area contributed by atoms with E-state index in [1.807, 2.05) is 0 Å². The molecule has 1 aliphatic rings. The zero-order valence-electron chi connectivity index (χ0n) is 10.2. The van der Waals surface area contributed by atoms with E-state index >= 15 is 0 Å². The Morgan fingerprint density at radius 1 is 1.50 bits per heavy atom. The summed E-state index contributed by atoms with van der Waals surface area (Å²) in [5.74, 6) is -0.209. The first-order valence-corrected chi connectivity index (χ1v) is 5.81. The van der Waals surface area contributed by atoms with Crippen molar-refractivity contribution in [2.75, 3.05) is 20.3 Å². The Kier molecular flexibility index (Phi) is 4.17. The van der Waals surface area contributed by atoms with Crippen LogP contribution in [0.5, 0.6) is 5.75 Å². The Balaban J connectivity index is 2.16. The molecule has 98 valence electrons. The molecule has 1 N–H and O–H groups in total. The van der Waals surface area contributed by atoms with Gasteiger partial charge in [-0.15, -0.1) is 0 Å². The number of carbonyl (C=O) groups is 1. The van der Waals surface area contributed by atoms with Crippen LogP contribution >= 0.6 is 0 Å². The van der Waals surface area contributed by atoms with Gasteiger partial charge < -0.3 is 19.3 Å².